The lowest BCUT2D eigenvalue weighted by Crippen LogP contribution is -2.20. The zero-order valence-electron chi connectivity index (χ0n) is 12.6. The summed E-state index contributed by atoms with van der Waals surface area (Å²) in [5.41, 5.74) is 0.490. The van der Waals surface area contributed by atoms with Crippen LogP contribution in [0.5, 0.6) is 0 Å². The fourth-order valence-corrected chi connectivity index (χ4v) is 2.38. The van der Waals surface area contributed by atoms with E-state index in [1.54, 1.807) is 24.3 Å². The summed E-state index contributed by atoms with van der Waals surface area (Å²) in [4.78, 5) is 35.0. The maximum absolute atomic E-state index is 12.7. The average Bonchev–Trinajstić information content (AvgIpc) is 3.00. The summed E-state index contributed by atoms with van der Waals surface area (Å²) in [6.45, 7) is 0. The Morgan fingerprint density at radius 3 is 2.62 bits per heavy atom. The van der Waals surface area contributed by atoms with Gasteiger partial charge in [0, 0.05) is 30.1 Å². The molecule has 1 aromatic heterocycles. The van der Waals surface area contributed by atoms with Crippen LogP contribution in [0.25, 0.3) is 10.9 Å². The van der Waals surface area contributed by atoms with Crippen LogP contribution in [0.1, 0.15) is 20.8 Å². The third kappa shape index (κ3) is 2.50. The maximum atomic E-state index is 12.7. The van der Waals surface area contributed by atoms with Crippen molar-refractivity contribution < 1.29 is 14.5 Å². The lowest BCUT2D eigenvalue weighted by atomic mass is 10.1. The third-order valence-electron chi connectivity index (χ3n) is 3.53. The first-order valence-electron chi connectivity index (χ1n) is 7.02. The minimum Gasteiger partial charge on any atom is -0.354 e. The van der Waals surface area contributed by atoms with Crippen molar-refractivity contribution in [3.05, 3.63) is 69.9 Å². The Kier molecular flexibility index (Phi) is 3.78. The van der Waals surface area contributed by atoms with Crippen molar-refractivity contribution in [1.82, 2.24) is 15.1 Å². The molecule has 0 aliphatic heterocycles. The van der Waals surface area contributed by atoms with Gasteiger partial charge in [-0.15, -0.1) is 0 Å². The monoisotopic (exact) mass is 324 g/mol. The first kappa shape index (κ1) is 15.3. The molecule has 0 atom stereocenters. The van der Waals surface area contributed by atoms with Gasteiger partial charge in [-0.3, -0.25) is 19.7 Å². The number of fused-ring (bicyclic) bond motifs is 1. The Balaban J connectivity index is 2.16. The number of rotatable bonds is 3. The zero-order chi connectivity index (χ0) is 17.3. The number of nitro benzene ring substituents is 1. The highest BCUT2D eigenvalue weighted by atomic mass is 16.6. The first-order valence-corrected chi connectivity index (χ1v) is 7.02. The minimum absolute atomic E-state index is 0.112. The Morgan fingerprint density at radius 2 is 1.92 bits per heavy atom. The van der Waals surface area contributed by atoms with E-state index in [2.05, 4.69) is 10.4 Å². The molecule has 3 aromatic rings. The van der Waals surface area contributed by atoms with E-state index in [1.807, 2.05) is 0 Å². The highest BCUT2D eigenvalue weighted by molar-refractivity contribution is 6.09. The van der Waals surface area contributed by atoms with Gasteiger partial charge in [-0.2, -0.15) is 9.78 Å². The van der Waals surface area contributed by atoms with Crippen LogP contribution >= 0.6 is 0 Å². The summed E-state index contributed by atoms with van der Waals surface area (Å²) in [5, 5.41) is 18.0. The minimum atomic E-state index is -0.575. The molecule has 0 bridgehead atoms. The molecule has 1 heterocycles. The molecule has 0 saturated heterocycles. The van der Waals surface area contributed by atoms with E-state index in [-0.39, 0.29) is 16.9 Å². The highest BCUT2D eigenvalue weighted by Gasteiger charge is 2.21. The van der Waals surface area contributed by atoms with Crippen LogP contribution in [-0.2, 0) is 0 Å². The second-order valence-electron chi connectivity index (χ2n) is 4.97. The van der Waals surface area contributed by atoms with E-state index in [0.29, 0.717) is 10.9 Å². The van der Waals surface area contributed by atoms with Gasteiger partial charge < -0.3 is 5.32 Å². The second-order valence-corrected chi connectivity index (χ2v) is 4.97. The van der Waals surface area contributed by atoms with Crippen molar-refractivity contribution in [2.24, 2.45) is 0 Å². The number of para-hydroxylation sites is 1. The molecule has 120 valence electrons. The molecule has 0 radical (unpaired) electrons. The molecule has 3 rings (SSSR count). The fourth-order valence-electron chi connectivity index (χ4n) is 2.38. The van der Waals surface area contributed by atoms with Crippen LogP contribution in [0, 0.1) is 10.1 Å². The topological polar surface area (TPSA) is 107 Å². The van der Waals surface area contributed by atoms with Crippen LogP contribution in [0.15, 0.2) is 48.5 Å². The smallest absolute Gasteiger partial charge is 0.278 e. The van der Waals surface area contributed by atoms with Gasteiger partial charge in [0.2, 0.25) is 0 Å². The number of hydrogen-bond acceptors (Lipinski definition) is 5. The molecule has 0 saturated carbocycles. The Bertz CT molecular complexity index is 977. The van der Waals surface area contributed by atoms with E-state index < -0.39 is 16.7 Å². The van der Waals surface area contributed by atoms with E-state index >= 15 is 0 Å². The Hall–Kier alpha value is -3.55. The SMILES string of the molecule is CNC(=O)c1nn(C(=O)c2cccc([N+](=O)[O-])c2)c2ccccc12. The molecule has 2 aromatic carbocycles. The molecule has 0 unspecified atom stereocenters. The largest absolute Gasteiger partial charge is 0.354 e. The van der Waals surface area contributed by atoms with Gasteiger partial charge in [0.25, 0.3) is 17.5 Å². The van der Waals surface area contributed by atoms with Crippen molar-refractivity contribution in [2.45, 2.75) is 0 Å². The van der Waals surface area contributed by atoms with Gasteiger partial charge in [0.1, 0.15) is 0 Å². The molecule has 0 spiro atoms. The number of carbonyl (C=O) groups is 2. The second kappa shape index (κ2) is 5.92. The maximum Gasteiger partial charge on any atom is 0.278 e. The van der Waals surface area contributed by atoms with Crippen molar-refractivity contribution in [1.29, 1.82) is 0 Å². The number of nitrogens with zero attached hydrogens (tertiary/aromatic N) is 3. The van der Waals surface area contributed by atoms with Gasteiger partial charge in [0.05, 0.1) is 10.4 Å². The number of carbonyl (C=O) groups excluding carboxylic acids is 2. The van der Waals surface area contributed by atoms with Gasteiger partial charge in [-0.1, -0.05) is 24.3 Å². The van der Waals surface area contributed by atoms with E-state index in [4.69, 9.17) is 0 Å². The van der Waals surface area contributed by atoms with Gasteiger partial charge in [0.15, 0.2) is 5.69 Å². The van der Waals surface area contributed by atoms with Gasteiger partial charge in [-0.05, 0) is 12.1 Å². The number of non-ortho nitro benzene ring substituents is 1. The number of aromatic nitrogens is 2. The summed E-state index contributed by atoms with van der Waals surface area (Å²) in [6, 6.07) is 12.2. The van der Waals surface area contributed by atoms with Crippen LogP contribution in [0.3, 0.4) is 0 Å². The molecule has 0 aliphatic rings. The van der Waals surface area contributed by atoms with Gasteiger partial charge in [-0.25, -0.2) is 0 Å². The summed E-state index contributed by atoms with van der Waals surface area (Å²) in [5.74, 6) is -0.971. The number of nitrogens with one attached hydrogen (secondary N) is 1. The number of nitro groups is 1. The summed E-state index contributed by atoms with van der Waals surface area (Å²) in [7, 11) is 1.47. The lowest BCUT2D eigenvalue weighted by molar-refractivity contribution is -0.384. The summed E-state index contributed by atoms with van der Waals surface area (Å²) >= 11 is 0. The Labute approximate surface area is 135 Å². The highest BCUT2D eigenvalue weighted by Crippen LogP contribution is 2.21. The Morgan fingerprint density at radius 1 is 1.17 bits per heavy atom. The molecule has 0 aliphatic carbocycles. The molecular formula is C16H12N4O4. The fraction of sp³-hybridized carbons (Fsp3) is 0.0625. The van der Waals surface area contributed by atoms with E-state index in [0.717, 1.165) is 4.68 Å². The zero-order valence-corrected chi connectivity index (χ0v) is 12.6. The molecule has 24 heavy (non-hydrogen) atoms. The number of hydrogen-bond donors (Lipinski definition) is 1. The lowest BCUT2D eigenvalue weighted by Gasteiger charge is -2.02. The van der Waals surface area contributed by atoms with E-state index in [1.165, 1.54) is 31.3 Å². The standard InChI is InChI=1S/C16H12N4O4/c1-17-15(21)14-12-7-2-3-8-13(12)19(18-14)16(22)10-5-4-6-11(9-10)20(23)24/h2-9H,1H3,(H,17,21). The molecule has 8 nitrogen and oxygen atoms in total. The molecular weight excluding hydrogens is 312 g/mol. The number of amides is 1. The predicted molar refractivity (Wildman–Crippen MR) is 85.9 cm³/mol. The molecule has 8 heteroatoms. The predicted octanol–water partition coefficient (Wildman–Crippen LogP) is 1.99. The van der Waals surface area contributed by atoms with Crippen molar-refractivity contribution >= 4 is 28.4 Å². The normalized spacial score (nSPS) is 10.5. The first-order chi connectivity index (χ1) is 11.5. The van der Waals surface area contributed by atoms with Crippen LogP contribution in [0.4, 0.5) is 5.69 Å². The van der Waals surface area contributed by atoms with Crippen LogP contribution in [0.2, 0.25) is 0 Å². The molecule has 0 fully saturated rings. The van der Waals surface area contributed by atoms with Gasteiger partial charge >= 0.3 is 0 Å². The number of benzene rings is 2. The van der Waals surface area contributed by atoms with Crippen LogP contribution in [-0.4, -0.2) is 33.6 Å². The van der Waals surface area contributed by atoms with E-state index in [9.17, 15) is 19.7 Å². The quantitative estimate of drug-likeness (QED) is 0.585. The summed E-state index contributed by atoms with van der Waals surface area (Å²) in [6.07, 6.45) is 0. The molecule has 1 amide bonds. The average molecular weight is 324 g/mol. The van der Waals surface area contributed by atoms with Crippen molar-refractivity contribution in [3.63, 3.8) is 0 Å². The van der Waals surface area contributed by atoms with Crippen molar-refractivity contribution in [3.8, 4) is 0 Å². The molecule has 1 N–H and O–H groups in total. The third-order valence-corrected chi connectivity index (χ3v) is 3.53. The van der Waals surface area contributed by atoms with Crippen LogP contribution < -0.4 is 5.32 Å². The summed E-state index contributed by atoms with van der Waals surface area (Å²) < 4.78 is 1.08. The van der Waals surface area contributed by atoms with Crippen molar-refractivity contribution in [2.75, 3.05) is 7.05 Å².